The minimum absolute atomic E-state index is 0.00407. The van der Waals surface area contributed by atoms with Crippen molar-refractivity contribution in [3.8, 4) is 0 Å². The number of hydrogen-bond donors (Lipinski definition) is 1. The lowest BCUT2D eigenvalue weighted by atomic mass is 9.90. The lowest BCUT2D eigenvalue weighted by molar-refractivity contribution is -0.124. The van der Waals surface area contributed by atoms with Crippen LogP contribution in [0.15, 0.2) is 0 Å². The highest BCUT2D eigenvalue weighted by atomic mass is 16.1. The van der Waals surface area contributed by atoms with Crippen LogP contribution in [0.25, 0.3) is 0 Å². The summed E-state index contributed by atoms with van der Waals surface area (Å²) in [5.41, 5.74) is 0. The molecule has 3 heteroatoms. The molecular weight excluding hydrogens is 178 g/mol. The maximum atomic E-state index is 10.9. The number of amides is 1. The van der Waals surface area contributed by atoms with E-state index in [-0.39, 0.29) is 23.5 Å². The Balaban J connectivity index is 0. The van der Waals surface area contributed by atoms with Gasteiger partial charge >= 0.3 is 0 Å². The number of Topliss-reactive ketones (excluding diaryl/α,β-unsaturated/α-hetero) is 1. The smallest absolute Gasteiger partial charge is 0.220 e. The molecule has 1 N–H and O–H groups in total. The molecule has 14 heavy (non-hydrogen) atoms. The van der Waals surface area contributed by atoms with Crippen LogP contribution >= 0.6 is 0 Å². The monoisotopic (exact) mass is 201 g/mol. The van der Waals surface area contributed by atoms with Crippen LogP contribution in [-0.2, 0) is 9.59 Å². The molecule has 0 aromatic rings. The molecular formula is C11H23NO2. The van der Waals surface area contributed by atoms with Gasteiger partial charge in [-0.25, -0.2) is 0 Å². The molecule has 0 saturated carbocycles. The Morgan fingerprint density at radius 3 is 1.93 bits per heavy atom. The highest BCUT2D eigenvalue weighted by molar-refractivity contribution is 5.80. The van der Waals surface area contributed by atoms with Crippen LogP contribution in [0, 0.1) is 11.8 Å². The van der Waals surface area contributed by atoms with Gasteiger partial charge < -0.3 is 5.32 Å². The SMILES string of the molecule is CC.CNC(=O)CC(C)C(C)C(C)=O. The molecule has 0 bridgehead atoms. The molecule has 2 unspecified atom stereocenters. The number of carbonyl (C=O) groups is 2. The molecule has 2 atom stereocenters. The van der Waals surface area contributed by atoms with E-state index in [1.54, 1.807) is 14.0 Å². The van der Waals surface area contributed by atoms with E-state index in [1.165, 1.54) is 0 Å². The van der Waals surface area contributed by atoms with Crippen LogP contribution in [0.2, 0.25) is 0 Å². The summed E-state index contributed by atoms with van der Waals surface area (Å²) in [6.07, 6.45) is 0.428. The van der Waals surface area contributed by atoms with Gasteiger partial charge in [0.1, 0.15) is 5.78 Å². The number of nitrogens with one attached hydrogen (secondary N) is 1. The zero-order valence-electron chi connectivity index (χ0n) is 10.2. The Kier molecular flexibility index (Phi) is 9.73. The van der Waals surface area contributed by atoms with Crippen molar-refractivity contribution in [3.05, 3.63) is 0 Å². The standard InChI is InChI=1S/C9H17NO2.C2H6/c1-6(5-9(12)10-4)7(2)8(3)11;1-2/h6-7H,5H2,1-4H3,(H,10,12);1-2H3. The van der Waals surface area contributed by atoms with E-state index in [0.717, 1.165) is 0 Å². The summed E-state index contributed by atoms with van der Waals surface area (Å²) in [7, 11) is 1.60. The zero-order valence-corrected chi connectivity index (χ0v) is 10.2. The van der Waals surface area contributed by atoms with E-state index in [4.69, 9.17) is 0 Å². The summed E-state index contributed by atoms with van der Waals surface area (Å²) in [5, 5.41) is 2.54. The lowest BCUT2D eigenvalue weighted by Gasteiger charge is -2.15. The van der Waals surface area contributed by atoms with Gasteiger partial charge in [0, 0.05) is 19.4 Å². The minimum Gasteiger partial charge on any atom is -0.359 e. The van der Waals surface area contributed by atoms with Crippen LogP contribution in [0.5, 0.6) is 0 Å². The van der Waals surface area contributed by atoms with E-state index in [2.05, 4.69) is 5.32 Å². The molecule has 0 aliphatic carbocycles. The van der Waals surface area contributed by atoms with Crippen molar-refractivity contribution in [1.29, 1.82) is 0 Å². The Bertz CT molecular complexity index is 178. The van der Waals surface area contributed by atoms with Gasteiger partial charge in [0.15, 0.2) is 0 Å². The van der Waals surface area contributed by atoms with Gasteiger partial charge in [-0.1, -0.05) is 27.7 Å². The summed E-state index contributed by atoms with van der Waals surface area (Å²) >= 11 is 0. The third-order valence-corrected chi connectivity index (χ3v) is 2.28. The molecule has 0 fully saturated rings. The number of hydrogen-bond acceptors (Lipinski definition) is 2. The molecule has 0 aliphatic rings. The maximum Gasteiger partial charge on any atom is 0.220 e. The highest BCUT2D eigenvalue weighted by Gasteiger charge is 2.18. The van der Waals surface area contributed by atoms with Crippen LogP contribution in [0.1, 0.15) is 41.0 Å². The first-order chi connectivity index (χ1) is 6.49. The second-order valence-corrected chi connectivity index (χ2v) is 3.25. The molecule has 0 aromatic heterocycles. The fourth-order valence-corrected chi connectivity index (χ4v) is 0.972. The Labute approximate surface area is 87.3 Å². The summed E-state index contributed by atoms with van der Waals surface area (Å²) in [4.78, 5) is 21.9. The fourth-order valence-electron chi connectivity index (χ4n) is 0.972. The van der Waals surface area contributed by atoms with Crippen molar-refractivity contribution >= 4 is 11.7 Å². The molecule has 0 aliphatic heterocycles. The number of ketones is 1. The van der Waals surface area contributed by atoms with Crippen molar-refractivity contribution in [2.24, 2.45) is 11.8 Å². The van der Waals surface area contributed by atoms with Gasteiger partial charge in [-0.2, -0.15) is 0 Å². The molecule has 0 rings (SSSR count). The number of carbonyl (C=O) groups excluding carboxylic acids is 2. The van der Waals surface area contributed by atoms with Gasteiger partial charge in [-0.3, -0.25) is 9.59 Å². The molecule has 1 amide bonds. The van der Waals surface area contributed by atoms with Gasteiger partial charge in [-0.15, -0.1) is 0 Å². The van der Waals surface area contributed by atoms with Crippen molar-refractivity contribution in [2.75, 3.05) is 7.05 Å². The van der Waals surface area contributed by atoms with Crippen LogP contribution in [0.3, 0.4) is 0 Å². The predicted octanol–water partition coefficient (Wildman–Crippen LogP) is 2.01. The maximum absolute atomic E-state index is 10.9. The largest absolute Gasteiger partial charge is 0.359 e. The predicted molar refractivity (Wildman–Crippen MR) is 59.0 cm³/mol. The van der Waals surface area contributed by atoms with Crippen molar-refractivity contribution in [3.63, 3.8) is 0 Å². The van der Waals surface area contributed by atoms with E-state index in [1.807, 2.05) is 27.7 Å². The van der Waals surface area contributed by atoms with Crippen molar-refractivity contribution in [2.45, 2.75) is 41.0 Å². The first-order valence-electron chi connectivity index (χ1n) is 5.20. The summed E-state index contributed by atoms with van der Waals surface area (Å²) in [5.74, 6) is 0.242. The second-order valence-electron chi connectivity index (χ2n) is 3.25. The van der Waals surface area contributed by atoms with E-state index >= 15 is 0 Å². The molecule has 0 radical (unpaired) electrons. The topological polar surface area (TPSA) is 46.2 Å². The zero-order chi connectivity index (χ0) is 11.7. The van der Waals surface area contributed by atoms with Crippen LogP contribution in [0.4, 0.5) is 0 Å². The first kappa shape index (κ1) is 15.6. The summed E-state index contributed by atoms with van der Waals surface area (Å²) in [6.45, 7) is 9.34. The Morgan fingerprint density at radius 2 is 1.64 bits per heavy atom. The van der Waals surface area contributed by atoms with Gasteiger partial charge in [0.05, 0.1) is 0 Å². The molecule has 0 spiro atoms. The molecule has 0 heterocycles. The average molecular weight is 201 g/mol. The number of rotatable bonds is 4. The third-order valence-electron chi connectivity index (χ3n) is 2.28. The van der Waals surface area contributed by atoms with Crippen LogP contribution < -0.4 is 5.32 Å². The third kappa shape index (κ3) is 6.63. The second kappa shape index (κ2) is 8.73. The Hall–Kier alpha value is -0.860. The fraction of sp³-hybridized carbons (Fsp3) is 0.818. The minimum atomic E-state index is -0.0256. The normalized spacial score (nSPS) is 13.3. The molecule has 0 aromatic carbocycles. The molecule has 0 saturated heterocycles. The van der Waals surface area contributed by atoms with E-state index < -0.39 is 0 Å². The van der Waals surface area contributed by atoms with E-state index in [9.17, 15) is 9.59 Å². The van der Waals surface area contributed by atoms with E-state index in [0.29, 0.717) is 6.42 Å². The van der Waals surface area contributed by atoms with Crippen molar-refractivity contribution in [1.82, 2.24) is 5.32 Å². The summed E-state index contributed by atoms with van der Waals surface area (Å²) in [6, 6.07) is 0. The first-order valence-corrected chi connectivity index (χ1v) is 5.20. The highest BCUT2D eigenvalue weighted by Crippen LogP contribution is 2.15. The van der Waals surface area contributed by atoms with Gasteiger partial charge in [-0.05, 0) is 12.8 Å². The average Bonchev–Trinajstić information content (AvgIpc) is 2.19. The quantitative estimate of drug-likeness (QED) is 0.756. The lowest BCUT2D eigenvalue weighted by Crippen LogP contribution is -2.25. The molecule has 3 nitrogen and oxygen atoms in total. The van der Waals surface area contributed by atoms with Gasteiger partial charge in [0.2, 0.25) is 5.91 Å². The molecule has 84 valence electrons. The van der Waals surface area contributed by atoms with Gasteiger partial charge in [0.25, 0.3) is 0 Å². The van der Waals surface area contributed by atoms with Crippen LogP contribution in [-0.4, -0.2) is 18.7 Å². The van der Waals surface area contributed by atoms with Crippen molar-refractivity contribution < 1.29 is 9.59 Å². The Morgan fingerprint density at radius 1 is 1.21 bits per heavy atom. The summed E-state index contributed by atoms with van der Waals surface area (Å²) < 4.78 is 0.